The molecule has 0 saturated carbocycles. The summed E-state index contributed by atoms with van der Waals surface area (Å²) in [6.07, 6.45) is -0.200. The molecule has 0 aliphatic carbocycles. The van der Waals surface area contributed by atoms with Crippen LogP contribution in [0.4, 0.5) is 0 Å². The first-order valence-corrected chi connectivity index (χ1v) is 5.99. The number of benzene rings is 1. The van der Waals surface area contributed by atoms with E-state index in [1.807, 2.05) is 25.1 Å². The number of rotatable bonds is 6. The van der Waals surface area contributed by atoms with E-state index in [0.29, 0.717) is 6.42 Å². The number of nitrogens with one attached hydrogen (secondary N) is 1. The van der Waals surface area contributed by atoms with Crippen LogP contribution < -0.4 is 11.1 Å². The van der Waals surface area contributed by atoms with Gasteiger partial charge in [-0.15, -0.1) is 0 Å². The molecular weight excluding hydrogens is 246 g/mol. The first kappa shape index (κ1) is 15.0. The summed E-state index contributed by atoms with van der Waals surface area (Å²) in [4.78, 5) is 12.1. The summed E-state index contributed by atoms with van der Waals surface area (Å²) in [5.41, 5.74) is 6.25. The molecule has 0 radical (unpaired) electrons. The van der Waals surface area contributed by atoms with E-state index in [9.17, 15) is 4.79 Å². The fraction of sp³-hybridized carbons (Fsp3) is 0.385. The van der Waals surface area contributed by atoms with Gasteiger partial charge in [0.2, 0.25) is 0 Å². The van der Waals surface area contributed by atoms with Crippen LogP contribution in [0.3, 0.4) is 0 Å². The monoisotopic (exact) mass is 265 g/mol. The van der Waals surface area contributed by atoms with E-state index >= 15 is 0 Å². The average Bonchev–Trinajstić information content (AvgIpc) is 2.45. The average molecular weight is 265 g/mol. The number of methoxy groups -OCH3 is 1. The normalized spacial score (nSPS) is 14.7. The number of carbonyl (C=O) groups is 1. The summed E-state index contributed by atoms with van der Waals surface area (Å²) in [7, 11) is 1.46. The Kier molecular flexibility index (Phi) is 5.81. The van der Waals surface area contributed by atoms with E-state index in [2.05, 4.69) is 10.5 Å². The lowest BCUT2D eigenvalue weighted by Crippen LogP contribution is -2.46. The molecule has 19 heavy (non-hydrogen) atoms. The lowest BCUT2D eigenvalue weighted by atomic mass is 10.1. The molecule has 0 bridgehead atoms. The number of carbonyl (C=O) groups excluding carboxylic acids is 1. The van der Waals surface area contributed by atoms with E-state index in [0.717, 1.165) is 5.56 Å². The Balaban J connectivity index is 2.80. The van der Waals surface area contributed by atoms with Crippen LogP contribution in [-0.2, 0) is 9.53 Å². The molecule has 1 aromatic rings. The SMILES string of the molecule is CCC(NC(=O)C(OC)c1ccccc1)C(N)=NO. The van der Waals surface area contributed by atoms with Gasteiger partial charge in [0.05, 0.1) is 6.04 Å². The number of amidine groups is 1. The molecule has 0 aliphatic rings. The zero-order valence-corrected chi connectivity index (χ0v) is 11.0. The lowest BCUT2D eigenvalue weighted by molar-refractivity contribution is -0.131. The van der Waals surface area contributed by atoms with Crippen molar-refractivity contribution in [1.29, 1.82) is 0 Å². The van der Waals surface area contributed by atoms with Crippen LogP contribution in [0.15, 0.2) is 35.5 Å². The van der Waals surface area contributed by atoms with Gasteiger partial charge in [0.15, 0.2) is 11.9 Å². The summed E-state index contributed by atoms with van der Waals surface area (Å²) in [6.45, 7) is 1.83. The lowest BCUT2D eigenvalue weighted by Gasteiger charge is -2.20. The number of amides is 1. The summed E-state index contributed by atoms with van der Waals surface area (Å²) in [6, 6.07) is 8.61. The minimum Gasteiger partial charge on any atom is -0.409 e. The van der Waals surface area contributed by atoms with E-state index in [1.165, 1.54) is 7.11 Å². The van der Waals surface area contributed by atoms with E-state index in [4.69, 9.17) is 15.7 Å². The molecule has 6 heteroatoms. The van der Waals surface area contributed by atoms with Gasteiger partial charge in [-0.3, -0.25) is 4.79 Å². The van der Waals surface area contributed by atoms with Crippen LogP contribution >= 0.6 is 0 Å². The largest absolute Gasteiger partial charge is 0.409 e. The second-order valence-electron chi connectivity index (χ2n) is 4.02. The molecule has 0 spiro atoms. The highest BCUT2D eigenvalue weighted by molar-refractivity contribution is 5.91. The number of hydrogen-bond acceptors (Lipinski definition) is 4. The molecule has 0 aromatic heterocycles. The third-order valence-corrected chi connectivity index (χ3v) is 2.77. The van der Waals surface area contributed by atoms with Crippen LogP contribution in [-0.4, -0.2) is 30.1 Å². The summed E-state index contributed by atoms with van der Waals surface area (Å²) < 4.78 is 5.20. The first-order chi connectivity index (χ1) is 9.13. The molecule has 0 heterocycles. The van der Waals surface area contributed by atoms with Crippen LogP contribution in [0.2, 0.25) is 0 Å². The third-order valence-electron chi connectivity index (χ3n) is 2.77. The molecule has 6 nitrogen and oxygen atoms in total. The van der Waals surface area contributed by atoms with Gasteiger partial charge in [0.25, 0.3) is 5.91 Å². The standard InChI is InChI=1S/C13H19N3O3/c1-3-10(12(14)16-18)15-13(17)11(19-2)9-7-5-4-6-8-9/h4-8,10-11,18H,3H2,1-2H3,(H2,14,16)(H,15,17). The molecule has 0 aliphatic heterocycles. The molecule has 1 aromatic carbocycles. The van der Waals surface area contributed by atoms with E-state index < -0.39 is 12.1 Å². The van der Waals surface area contributed by atoms with Crippen LogP contribution in [0.1, 0.15) is 25.0 Å². The van der Waals surface area contributed by atoms with Crippen molar-refractivity contribution < 1.29 is 14.7 Å². The Bertz CT molecular complexity index is 434. The van der Waals surface area contributed by atoms with Crippen molar-refractivity contribution in [2.24, 2.45) is 10.9 Å². The Hall–Kier alpha value is -2.08. The van der Waals surface area contributed by atoms with Crippen molar-refractivity contribution in [3.63, 3.8) is 0 Å². The Morgan fingerprint density at radius 2 is 2.11 bits per heavy atom. The van der Waals surface area contributed by atoms with Crippen LogP contribution in [0, 0.1) is 0 Å². The summed E-state index contributed by atoms with van der Waals surface area (Å²) in [5.74, 6) is -0.356. The molecule has 4 N–H and O–H groups in total. The molecule has 2 atom stereocenters. The molecule has 0 fully saturated rings. The number of nitrogens with two attached hydrogens (primary N) is 1. The zero-order chi connectivity index (χ0) is 14.3. The maximum Gasteiger partial charge on any atom is 0.254 e. The summed E-state index contributed by atoms with van der Waals surface area (Å²) in [5, 5.41) is 14.2. The summed E-state index contributed by atoms with van der Waals surface area (Å²) >= 11 is 0. The van der Waals surface area contributed by atoms with Gasteiger partial charge < -0.3 is 21.0 Å². The molecule has 1 rings (SSSR count). The van der Waals surface area contributed by atoms with Crippen molar-refractivity contribution in [3.05, 3.63) is 35.9 Å². The molecule has 1 amide bonds. The van der Waals surface area contributed by atoms with Gasteiger partial charge in [-0.25, -0.2) is 0 Å². The third kappa shape index (κ3) is 3.96. The fourth-order valence-electron chi connectivity index (χ4n) is 1.72. The topological polar surface area (TPSA) is 96.9 Å². The Morgan fingerprint density at radius 1 is 1.47 bits per heavy atom. The second-order valence-corrected chi connectivity index (χ2v) is 4.02. The van der Waals surface area contributed by atoms with Gasteiger partial charge in [0.1, 0.15) is 0 Å². The second kappa shape index (κ2) is 7.38. The maximum absolute atomic E-state index is 12.1. The highest BCUT2D eigenvalue weighted by Crippen LogP contribution is 2.16. The van der Waals surface area contributed by atoms with Gasteiger partial charge in [-0.2, -0.15) is 0 Å². The van der Waals surface area contributed by atoms with Crippen molar-refractivity contribution in [1.82, 2.24) is 5.32 Å². The van der Waals surface area contributed by atoms with E-state index in [1.54, 1.807) is 12.1 Å². The maximum atomic E-state index is 12.1. The number of hydrogen-bond donors (Lipinski definition) is 3. The highest BCUT2D eigenvalue weighted by Gasteiger charge is 2.23. The smallest absolute Gasteiger partial charge is 0.254 e. The minimum atomic E-state index is -0.721. The zero-order valence-electron chi connectivity index (χ0n) is 11.0. The van der Waals surface area contributed by atoms with Crippen molar-refractivity contribution in [2.75, 3.05) is 7.11 Å². The molecular formula is C13H19N3O3. The van der Waals surface area contributed by atoms with E-state index in [-0.39, 0.29) is 11.7 Å². The fourth-order valence-corrected chi connectivity index (χ4v) is 1.72. The number of ether oxygens (including phenoxy) is 1. The minimum absolute atomic E-state index is 0.0289. The molecule has 2 unspecified atom stereocenters. The van der Waals surface area contributed by atoms with Crippen molar-refractivity contribution in [2.45, 2.75) is 25.5 Å². The van der Waals surface area contributed by atoms with Gasteiger partial charge in [-0.05, 0) is 12.0 Å². The van der Waals surface area contributed by atoms with Crippen molar-refractivity contribution in [3.8, 4) is 0 Å². The Labute approximate surface area is 112 Å². The van der Waals surface area contributed by atoms with Gasteiger partial charge in [-0.1, -0.05) is 42.4 Å². The van der Waals surface area contributed by atoms with Gasteiger partial charge >= 0.3 is 0 Å². The molecule has 0 saturated heterocycles. The number of nitrogens with zero attached hydrogens (tertiary/aromatic N) is 1. The quantitative estimate of drug-likeness (QED) is 0.309. The highest BCUT2D eigenvalue weighted by atomic mass is 16.5. The predicted molar refractivity (Wildman–Crippen MR) is 71.8 cm³/mol. The molecule has 104 valence electrons. The van der Waals surface area contributed by atoms with Crippen molar-refractivity contribution >= 4 is 11.7 Å². The van der Waals surface area contributed by atoms with Crippen LogP contribution in [0.5, 0.6) is 0 Å². The van der Waals surface area contributed by atoms with Gasteiger partial charge in [0, 0.05) is 7.11 Å². The Morgan fingerprint density at radius 3 is 2.58 bits per heavy atom. The predicted octanol–water partition coefficient (Wildman–Crippen LogP) is 1.02. The number of oxime groups is 1. The first-order valence-electron chi connectivity index (χ1n) is 5.99. The van der Waals surface area contributed by atoms with Crippen LogP contribution in [0.25, 0.3) is 0 Å².